The van der Waals surface area contributed by atoms with Gasteiger partial charge in [0.1, 0.15) is 12.7 Å². The van der Waals surface area contributed by atoms with Gasteiger partial charge in [0, 0.05) is 5.56 Å². The first-order chi connectivity index (χ1) is 9.19. The van der Waals surface area contributed by atoms with Crippen molar-refractivity contribution >= 4 is 0 Å². The first-order valence-electron chi connectivity index (χ1n) is 6.97. The maximum absolute atomic E-state index is 4.29. The summed E-state index contributed by atoms with van der Waals surface area (Å²) in [6, 6.07) is 6.60. The summed E-state index contributed by atoms with van der Waals surface area (Å²) in [6.07, 6.45) is 3.10. The summed E-state index contributed by atoms with van der Waals surface area (Å²) < 4.78 is 0. The third-order valence-corrected chi connectivity index (χ3v) is 3.43. The van der Waals surface area contributed by atoms with Crippen molar-refractivity contribution in [3.8, 4) is 11.4 Å². The second-order valence-corrected chi connectivity index (χ2v) is 7.22. The van der Waals surface area contributed by atoms with Crippen LogP contribution in [-0.2, 0) is 10.8 Å². The van der Waals surface area contributed by atoms with Gasteiger partial charge in [0.2, 0.25) is 0 Å². The normalized spacial score (nSPS) is 12.5. The van der Waals surface area contributed by atoms with Crippen molar-refractivity contribution < 1.29 is 0 Å². The summed E-state index contributed by atoms with van der Waals surface area (Å²) in [6.45, 7) is 13.4. The van der Waals surface area contributed by atoms with Gasteiger partial charge >= 0.3 is 0 Å². The predicted octanol–water partition coefficient (Wildman–Crippen LogP) is 4.13. The first kappa shape index (κ1) is 14.6. The molecule has 0 unspecified atom stereocenters. The molecular weight excluding hydrogens is 246 g/mol. The van der Waals surface area contributed by atoms with Crippen LogP contribution in [0.3, 0.4) is 0 Å². The smallest absolute Gasteiger partial charge is 0.162 e. The van der Waals surface area contributed by atoms with Crippen LogP contribution in [0.15, 0.2) is 30.9 Å². The van der Waals surface area contributed by atoms with Gasteiger partial charge in [-0.1, -0.05) is 59.7 Å². The largest absolute Gasteiger partial charge is 0.225 e. The average Bonchev–Trinajstić information content (AvgIpc) is 2.37. The van der Waals surface area contributed by atoms with Crippen molar-refractivity contribution in [2.45, 2.75) is 52.4 Å². The minimum atomic E-state index is 0.0449. The first-order valence-corrected chi connectivity index (χ1v) is 6.97. The highest BCUT2D eigenvalue weighted by Gasteiger charge is 2.23. The Labute approximate surface area is 121 Å². The van der Waals surface area contributed by atoms with E-state index in [0.717, 1.165) is 11.4 Å². The van der Waals surface area contributed by atoms with Crippen LogP contribution in [0.1, 0.15) is 52.7 Å². The highest BCUT2D eigenvalue weighted by Crippen LogP contribution is 2.35. The molecule has 3 nitrogen and oxygen atoms in total. The molecule has 0 amide bonds. The Morgan fingerprint density at radius 2 is 1.40 bits per heavy atom. The Bertz CT molecular complexity index is 590. The molecular formula is C17H23N3. The van der Waals surface area contributed by atoms with E-state index in [1.165, 1.54) is 11.1 Å². The Morgan fingerprint density at radius 1 is 0.800 bits per heavy atom. The molecule has 0 spiro atoms. The van der Waals surface area contributed by atoms with E-state index >= 15 is 0 Å². The molecule has 0 aliphatic carbocycles. The molecule has 106 valence electrons. The van der Waals surface area contributed by atoms with Gasteiger partial charge < -0.3 is 0 Å². The lowest BCUT2D eigenvalue weighted by Crippen LogP contribution is -2.17. The summed E-state index contributed by atoms with van der Waals surface area (Å²) >= 11 is 0. The third kappa shape index (κ3) is 3.03. The molecule has 0 fully saturated rings. The Balaban J connectivity index is 2.65. The van der Waals surface area contributed by atoms with Crippen molar-refractivity contribution in [3.05, 3.63) is 42.0 Å². The van der Waals surface area contributed by atoms with Gasteiger partial charge in [-0.25, -0.2) is 15.0 Å². The van der Waals surface area contributed by atoms with Crippen molar-refractivity contribution in [3.63, 3.8) is 0 Å². The van der Waals surface area contributed by atoms with E-state index in [4.69, 9.17) is 0 Å². The Hall–Kier alpha value is -1.77. The molecule has 1 heterocycles. The number of rotatable bonds is 1. The maximum Gasteiger partial charge on any atom is 0.162 e. The zero-order valence-electron chi connectivity index (χ0n) is 13.2. The Morgan fingerprint density at radius 3 is 1.90 bits per heavy atom. The second kappa shape index (κ2) is 4.97. The summed E-state index contributed by atoms with van der Waals surface area (Å²) in [5.41, 5.74) is 3.88. The quantitative estimate of drug-likeness (QED) is 0.781. The highest BCUT2D eigenvalue weighted by molar-refractivity contribution is 5.63. The van der Waals surface area contributed by atoms with Crippen LogP contribution in [-0.4, -0.2) is 15.0 Å². The van der Waals surface area contributed by atoms with Gasteiger partial charge in [-0.05, 0) is 22.0 Å². The fourth-order valence-electron chi connectivity index (χ4n) is 2.20. The lowest BCUT2D eigenvalue weighted by molar-refractivity contribution is 0.569. The maximum atomic E-state index is 4.29. The fraction of sp³-hybridized carbons (Fsp3) is 0.471. The molecule has 2 aromatic rings. The van der Waals surface area contributed by atoms with E-state index in [2.05, 4.69) is 74.7 Å². The van der Waals surface area contributed by atoms with Gasteiger partial charge in [-0.2, -0.15) is 0 Å². The molecule has 0 bridgehead atoms. The number of nitrogens with zero attached hydrogens (tertiary/aromatic N) is 3. The minimum absolute atomic E-state index is 0.0449. The van der Waals surface area contributed by atoms with Gasteiger partial charge in [0.05, 0.1) is 0 Å². The lowest BCUT2D eigenvalue weighted by Gasteiger charge is -2.27. The SMILES string of the molecule is CC(C)(C)c1ccc(-c2ncncn2)c(C(C)(C)C)c1. The lowest BCUT2D eigenvalue weighted by atomic mass is 9.78. The average molecular weight is 269 g/mol. The van der Waals surface area contributed by atoms with Crippen LogP contribution < -0.4 is 0 Å². The van der Waals surface area contributed by atoms with Crippen LogP contribution >= 0.6 is 0 Å². The van der Waals surface area contributed by atoms with Crippen molar-refractivity contribution in [1.82, 2.24) is 15.0 Å². The van der Waals surface area contributed by atoms with Crippen LogP contribution in [0.4, 0.5) is 0 Å². The molecule has 2 rings (SSSR count). The molecule has 3 heteroatoms. The van der Waals surface area contributed by atoms with E-state index < -0.39 is 0 Å². The molecule has 0 saturated carbocycles. The number of hydrogen-bond donors (Lipinski definition) is 0. The molecule has 0 saturated heterocycles. The summed E-state index contributed by atoms with van der Waals surface area (Å²) in [5, 5.41) is 0. The Kier molecular flexibility index (Phi) is 3.63. The fourth-order valence-corrected chi connectivity index (χ4v) is 2.20. The molecule has 1 aromatic carbocycles. The summed E-state index contributed by atoms with van der Waals surface area (Å²) in [7, 11) is 0. The van der Waals surface area contributed by atoms with E-state index in [9.17, 15) is 0 Å². The van der Waals surface area contributed by atoms with Crippen molar-refractivity contribution in [2.75, 3.05) is 0 Å². The van der Waals surface area contributed by atoms with Crippen molar-refractivity contribution in [1.29, 1.82) is 0 Å². The number of benzene rings is 1. The zero-order valence-corrected chi connectivity index (χ0v) is 13.2. The van der Waals surface area contributed by atoms with Gasteiger partial charge in [-0.3, -0.25) is 0 Å². The molecule has 0 atom stereocenters. The third-order valence-electron chi connectivity index (χ3n) is 3.43. The summed E-state index contributed by atoms with van der Waals surface area (Å²) in [5.74, 6) is 0.741. The molecule has 0 radical (unpaired) electrons. The van der Waals surface area contributed by atoms with Crippen LogP contribution in [0.25, 0.3) is 11.4 Å². The van der Waals surface area contributed by atoms with Crippen LogP contribution in [0.5, 0.6) is 0 Å². The van der Waals surface area contributed by atoms with E-state index in [1.807, 2.05) is 0 Å². The molecule has 0 aliphatic rings. The topological polar surface area (TPSA) is 38.7 Å². The standard InChI is InChI=1S/C17H23N3/c1-16(2,3)12-7-8-13(14(9-12)17(4,5)6)15-19-10-18-11-20-15/h7-11H,1-6H3. The van der Waals surface area contributed by atoms with Gasteiger partial charge in [0.15, 0.2) is 5.82 Å². The van der Waals surface area contributed by atoms with Gasteiger partial charge in [-0.15, -0.1) is 0 Å². The second-order valence-electron chi connectivity index (χ2n) is 7.22. The number of hydrogen-bond acceptors (Lipinski definition) is 3. The number of aromatic nitrogens is 3. The zero-order chi connectivity index (χ0) is 15.0. The predicted molar refractivity (Wildman–Crippen MR) is 82.7 cm³/mol. The van der Waals surface area contributed by atoms with E-state index in [-0.39, 0.29) is 10.8 Å². The highest BCUT2D eigenvalue weighted by atomic mass is 15.0. The van der Waals surface area contributed by atoms with E-state index in [0.29, 0.717) is 0 Å². The molecule has 0 N–H and O–H groups in total. The summed E-state index contributed by atoms with van der Waals surface area (Å²) in [4.78, 5) is 12.5. The van der Waals surface area contributed by atoms with Gasteiger partial charge in [0.25, 0.3) is 0 Å². The van der Waals surface area contributed by atoms with Crippen LogP contribution in [0, 0.1) is 0 Å². The molecule has 0 aliphatic heterocycles. The van der Waals surface area contributed by atoms with E-state index in [1.54, 1.807) is 12.7 Å². The van der Waals surface area contributed by atoms with Crippen molar-refractivity contribution in [2.24, 2.45) is 0 Å². The monoisotopic (exact) mass is 269 g/mol. The van der Waals surface area contributed by atoms with Crippen LogP contribution in [0.2, 0.25) is 0 Å². The molecule has 1 aromatic heterocycles. The molecule has 20 heavy (non-hydrogen) atoms. The minimum Gasteiger partial charge on any atom is -0.225 e.